The van der Waals surface area contributed by atoms with Gasteiger partial charge in [-0.1, -0.05) is 6.08 Å². The van der Waals surface area contributed by atoms with Gasteiger partial charge in [-0.15, -0.1) is 6.58 Å². The van der Waals surface area contributed by atoms with Gasteiger partial charge in [0.05, 0.1) is 13.2 Å². The smallest absolute Gasteiger partial charge is 0.272 e. The van der Waals surface area contributed by atoms with Crippen LogP contribution < -0.4 is 5.32 Å². The summed E-state index contributed by atoms with van der Waals surface area (Å²) >= 11 is 0. The van der Waals surface area contributed by atoms with Gasteiger partial charge in [-0.3, -0.25) is 9.89 Å². The topological polar surface area (TPSA) is 67.0 Å². The zero-order valence-electron chi connectivity index (χ0n) is 8.38. The van der Waals surface area contributed by atoms with Crippen molar-refractivity contribution in [2.75, 3.05) is 13.2 Å². The van der Waals surface area contributed by atoms with Crippen molar-refractivity contribution in [1.82, 2.24) is 15.5 Å². The van der Waals surface area contributed by atoms with Crippen molar-refractivity contribution in [1.29, 1.82) is 0 Å². The summed E-state index contributed by atoms with van der Waals surface area (Å²) in [6.07, 6.45) is 2.42. The average molecular weight is 207 g/mol. The molecule has 0 saturated carbocycles. The highest BCUT2D eigenvalue weighted by molar-refractivity contribution is 5.94. The Bertz CT molecular complexity index is 384. The van der Waals surface area contributed by atoms with Crippen LogP contribution in [0.3, 0.4) is 0 Å². The van der Waals surface area contributed by atoms with Crippen molar-refractivity contribution < 1.29 is 9.53 Å². The van der Waals surface area contributed by atoms with Crippen LogP contribution in [0.25, 0.3) is 0 Å². The molecule has 1 amide bonds. The highest BCUT2D eigenvalue weighted by Crippen LogP contribution is 2.17. The van der Waals surface area contributed by atoms with Gasteiger partial charge in [0.1, 0.15) is 0 Å². The summed E-state index contributed by atoms with van der Waals surface area (Å²) in [5, 5.41) is 9.56. The van der Waals surface area contributed by atoms with Gasteiger partial charge in [0, 0.05) is 24.2 Å². The highest BCUT2D eigenvalue weighted by Gasteiger charge is 2.21. The van der Waals surface area contributed by atoms with Gasteiger partial charge in [0.25, 0.3) is 5.91 Å². The standard InChI is InChI=1S/C10H13N3O2/c1-2-4-11-10(14)9-7-6-15-5-3-8(7)12-13-9/h2H,1,3-6H2,(H,11,14)(H,12,13). The third kappa shape index (κ3) is 1.92. The maximum absolute atomic E-state index is 11.6. The SMILES string of the molecule is C=CCNC(=O)c1n[nH]c2c1COCC2. The van der Waals surface area contributed by atoms with E-state index in [4.69, 9.17) is 4.74 Å². The molecule has 0 atom stereocenters. The average Bonchev–Trinajstić information content (AvgIpc) is 2.69. The fourth-order valence-corrected chi connectivity index (χ4v) is 1.55. The number of hydrogen-bond acceptors (Lipinski definition) is 3. The molecule has 80 valence electrons. The largest absolute Gasteiger partial charge is 0.376 e. The molecule has 0 aliphatic carbocycles. The predicted octanol–water partition coefficient (Wildman–Crippen LogP) is 0.398. The summed E-state index contributed by atoms with van der Waals surface area (Å²) < 4.78 is 5.29. The number of hydrogen-bond donors (Lipinski definition) is 2. The molecule has 1 aliphatic rings. The maximum Gasteiger partial charge on any atom is 0.272 e. The minimum atomic E-state index is -0.182. The summed E-state index contributed by atoms with van der Waals surface area (Å²) in [4.78, 5) is 11.6. The van der Waals surface area contributed by atoms with E-state index in [-0.39, 0.29) is 5.91 Å². The van der Waals surface area contributed by atoms with Crippen molar-refractivity contribution in [3.8, 4) is 0 Å². The molecule has 15 heavy (non-hydrogen) atoms. The molecular formula is C10H13N3O2. The van der Waals surface area contributed by atoms with Crippen LogP contribution in [0.5, 0.6) is 0 Å². The minimum Gasteiger partial charge on any atom is -0.376 e. The summed E-state index contributed by atoms with van der Waals surface area (Å²) in [7, 11) is 0. The van der Waals surface area contributed by atoms with Crippen molar-refractivity contribution in [3.05, 3.63) is 29.6 Å². The van der Waals surface area contributed by atoms with Crippen LogP contribution in [-0.4, -0.2) is 29.3 Å². The number of ether oxygens (including phenoxy) is 1. The molecule has 2 N–H and O–H groups in total. The summed E-state index contributed by atoms with van der Waals surface area (Å²) in [6, 6.07) is 0. The fourth-order valence-electron chi connectivity index (χ4n) is 1.55. The zero-order valence-corrected chi connectivity index (χ0v) is 8.38. The zero-order chi connectivity index (χ0) is 10.7. The predicted molar refractivity (Wildman–Crippen MR) is 54.5 cm³/mol. The van der Waals surface area contributed by atoms with Gasteiger partial charge >= 0.3 is 0 Å². The fraction of sp³-hybridized carbons (Fsp3) is 0.400. The lowest BCUT2D eigenvalue weighted by Gasteiger charge is -2.11. The second-order valence-corrected chi connectivity index (χ2v) is 3.33. The second kappa shape index (κ2) is 4.27. The van der Waals surface area contributed by atoms with Crippen LogP contribution in [0.4, 0.5) is 0 Å². The highest BCUT2D eigenvalue weighted by atomic mass is 16.5. The Morgan fingerprint density at radius 3 is 3.40 bits per heavy atom. The number of carbonyl (C=O) groups is 1. The Kier molecular flexibility index (Phi) is 2.82. The minimum absolute atomic E-state index is 0.182. The molecule has 0 spiro atoms. The lowest BCUT2D eigenvalue weighted by atomic mass is 10.1. The Labute approximate surface area is 87.5 Å². The third-order valence-electron chi connectivity index (χ3n) is 2.32. The van der Waals surface area contributed by atoms with E-state index in [0.717, 1.165) is 17.7 Å². The number of H-pyrrole nitrogens is 1. The van der Waals surface area contributed by atoms with Crippen molar-refractivity contribution in [3.63, 3.8) is 0 Å². The van der Waals surface area contributed by atoms with E-state index in [9.17, 15) is 4.79 Å². The number of amides is 1. The number of rotatable bonds is 3. The van der Waals surface area contributed by atoms with Crippen molar-refractivity contribution in [2.45, 2.75) is 13.0 Å². The van der Waals surface area contributed by atoms with E-state index in [1.54, 1.807) is 6.08 Å². The van der Waals surface area contributed by atoms with Crippen LogP contribution >= 0.6 is 0 Å². The normalized spacial score (nSPS) is 14.4. The molecule has 5 heteroatoms. The van der Waals surface area contributed by atoms with Crippen LogP contribution in [-0.2, 0) is 17.8 Å². The molecule has 2 rings (SSSR count). The third-order valence-corrected chi connectivity index (χ3v) is 2.32. The number of aromatic amines is 1. The van der Waals surface area contributed by atoms with E-state index in [1.807, 2.05) is 0 Å². The summed E-state index contributed by atoms with van der Waals surface area (Å²) in [5.41, 5.74) is 2.32. The number of fused-ring (bicyclic) bond motifs is 1. The van der Waals surface area contributed by atoms with E-state index in [0.29, 0.717) is 25.5 Å². The molecule has 0 bridgehead atoms. The van der Waals surface area contributed by atoms with Gasteiger partial charge in [0.2, 0.25) is 0 Å². The molecule has 0 unspecified atom stereocenters. The van der Waals surface area contributed by atoms with Gasteiger partial charge in [0.15, 0.2) is 5.69 Å². The monoisotopic (exact) mass is 207 g/mol. The van der Waals surface area contributed by atoms with Crippen LogP contribution in [0.15, 0.2) is 12.7 Å². The first kappa shape index (κ1) is 9.92. The molecule has 5 nitrogen and oxygen atoms in total. The molecular weight excluding hydrogens is 194 g/mol. The molecule has 0 radical (unpaired) electrons. The van der Waals surface area contributed by atoms with Gasteiger partial charge in [-0.25, -0.2) is 0 Å². The molecule has 0 saturated heterocycles. The summed E-state index contributed by atoms with van der Waals surface area (Å²) in [6.45, 7) is 5.12. The van der Waals surface area contributed by atoms with E-state index in [2.05, 4.69) is 22.1 Å². The number of carbonyl (C=O) groups excluding carboxylic acids is 1. The number of aromatic nitrogens is 2. The molecule has 2 heterocycles. The maximum atomic E-state index is 11.6. The van der Waals surface area contributed by atoms with Gasteiger partial charge in [-0.05, 0) is 0 Å². The number of nitrogens with zero attached hydrogens (tertiary/aromatic N) is 1. The molecule has 1 aromatic heterocycles. The Balaban J connectivity index is 2.17. The van der Waals surface area contributed by atoms with Crippen LogP contribution in [0, 0.1) is 0 Å². The second-order valence-electron chi connectivity index (χ2n) is 3.33. The molecule has 1 aliphatic heterocycles. The molecule has 0 aromatic carbocycles. The van der Waals surface area contributed by atoms with Crippen LogP contribution in [0.1, 0.15) is 21.7 Å². The van der Waals surface area contributed by atoms with Crippen LogP contribution in [0.2, 0.25) is 0 Å². The summed E-state index contributed by atoms with van der Waals surface area (Å²) in [5.74, 6) is -0.182. The van der Waals surface area contributed by atoms with E-state index < -0.39 is 0 Å². The first-order valence-electron chi connectivity index (χ1n) is 4.86. The Morgan fingerprint density at radius 1 is 1.73 bits per heavy atom. The van der Waals surface area contributed by atoms with Crippen molar-refractivity contribution in [2.24, 2.45) is 0 Å². The first-order chi connectivity index (χ1) is 7.33. The van der Waals surface area contributed by atoms with E-state index >= 15 is 0 Å². The quantitative estimate of drug-likeness (QED) is 0.705. The van der Waals surface area contributed by atoms with Gasteiger partial charge in [-0.2, -0.15) is 5.10 Å². The Hall–Kier alpha value is -1.62. The molecule has 1 aromatic rings. The lowest BCUT2D eigenvalue weighted by Crippen LogP contribution is -2.25. The van der Waals surface area contributed by atoms with Gasteiger partial charge < -0.3 is 10.1 Å². The number of nitrogens with one attached hydrogen (secondary N) is 2. The van der Waals surface area contributed by atoms with Crippen molar-refractivity contribution >= 4 is 5.91 Å². The first-order valence-corrected chi connectivity index (χ1v) is 4.86. The lowest BCUT2D eigenvalue weighted by molar-refractivity contribution is 0.0929. The Morgan fingerprint density at radius 2 is 2.60 bits per heavy atom. The van der Waals surface area contributed by atoms with E-state index in [1.165, 1.54) is 0 Å². The molecule has 0 fully saturated rings.